The number of amides is 1. The highest BCUT2D eigenvalue weighted by Gasteiger charge is 2.21. The highest BCUT2D eigenvalue weighted by atomic mass is 32.2. The van der Waals surface area contributed by atoms with Crippen molar-refractivity contribution in [3.8, 4) is 0 Å². The van der Waals surface area contributed by atoms with Crippen molar-refractivity contribution in [1.82, 2.24) is 14.5 Å². The van der Waals surface area contributed by atoms with Gasteiger partial charge < -0.3 is 10.1 Å². The van der Waals surface area contributed by atoms with E-state index in [0.717, 1.165) is 25.8 Å². The van der Waals surface area contributed by atoms with E-state index in [1.54, 1.807) is 0 Å². The van der Waals surface area contributed by atoms with E-state index in [1.165, 1.54) is 4.31 Å². The van der Waals surface area contributed by atoms with Crippen LogP contribution >= 0.6 is 0 Å². The molecule has 1 aliphatic heterocycles. The first kappa shape index (κ1) is 19.3. The highest BCUT2D eigenvalue weighted by molar-refractivity contribution is 7.88. The van der Waals surface area contributed by atoms with Crippen LogP contribution in [-0.2, 0) is 19.6 Å². The molecule has 1 rings (SSSR count). The molecule has 0 atom stereocenters. The predicted molar refractivity (Wildman–Crippen MR) is 86.1 cm³/mol. The summed E-state index contributed by atoms with van der Waals surface area (Å²) in [6, 6.07) is 0. The van der Waals surface area contributed by atoms with Crippen LogP contribution in [0.1, 0.15) is 20.3 Å². The second kappa shape index (κ2) is 9.44. The number of carbonyl (C=O) groups is 1. The summed E-state index contributed by atoms with van der Waals surface area (Å²) in [5.41, 5.74) is 0. The number of nitrogens with one attached hydrogen (secondary N) is 1. The van der Waals surface area contributed by atoms with Crippen LogP contribution in [0.4, 0.5) is 0 Å². The lowest BCUT2D eigenvalue weighted by molar-refractivity contribution is -0.121. The summed E-state index contributed by atoms with van der Waals surface area (Å²) in [4.78, 5) is 14.0. The smallest absolute Gasteiger partial charge is 0.235 e. The Bertz CT molecular complexity index is 433. The Morgan fingerprint density at radius 2 is 1.95 bits per heavy atom. The van der Waals surface area contributed by atoms with E-state index >= 15 is 0 Å². The Kier molecular flexibility index (Phi) is 8.30. The number of sulfonamides is 1. The van der Waals surface area contributed by atoms with Gasteiger partial charge in [0.05, 0.1) is 26.0 Å². The van der Waals surface area contributed by atoms with Crippen molar-refractivity contribution in [3.63, 3.8) is 0 Å². The number of carbonyl (C=O) groups excluding carboxylic acids is 1. The van der Waals surface area contributed by atoms with Gasteiger partial charge >= 0.3 is 0 Å². The lowest BCUT2D eigenvalue weighted by Gasteiger charge is -2.29. The maximum absolute atomic E-state index is 11.9. The fourth-order valence-corrected chi connectivity index (χ4v) is 2.92. The molecule has 7 nitrogen and oxygen atoms in total. The molecule has 130 valence electrons. The van der Waals surface area contributed by atoms with Gasteiger partial charge in [0.2, 0.25) is 15.9 Å². The van der Waals surface area contributed by atoms with Crippen molar-refractivity contribution in [3.05, 3.63) is 0 Å². The molecule has 1 amide bonds. The molecular weight excluding hydrogens is 306 g/mol. The lowest BCUT2D eigenvalue weighted by Crippen LogP contribution is -2.46. The van der Waals surface area contributed by atoms with Gasteiger partial charge in [0.15, 0.2) is 0 Å². The third-order valence-corrected chi connectivity index (χ3v) is 4.85. The monoisotopic (exact) mass is 335 g/mol. The Labute approximate surface area is 134 Å². The van der Waals surface area contributed by atoms with Crippen LogP contribution in [0, 0.1) is 5.92 Å². The second-order valence-corrected chi connectivity index (χ2v) is 8.07. The zero-order valence-electron chi connectivity index (χ0n) is 13.9. The fraction of sp³-hybridized carbons (Fsp3) is 0.929. The van der Waals surface area contributed by atoms with Crippen molar-refractivity contribution in [1.29, 1.82) is 0 Å². The van der Waals surface area contributed by atoms with Crippen LogP contribution in [0.15, 0.2) is 0 Å². The summed E-state index contributed by atoms with van der Waals surface area (Å²) in [5.74, 6) is 0.265. The van der Waals surface area contributed by atoms with Crippen LogP contribution < -0.4 is 5.32 Å². The molecule has 1 saturated heterocycles. The van der Waals surface area contributed by atoms with Gasteiger partial charge in [0.25, 0.3) is 0 Å². The van der Waals surface area contributed by atoms with Gasteiger partial charge in [0.1, 0.15) is 0 Å². The van der Waals surface area contributed by atoms with E-state index in [1.807, 2.05) is 0 Å². The summed E-state index contributed by atoms with van der Waals surface area (Å²) < 4.78 is 30.2. The molecule has 0 bridgehead atoms. The van der Waals surface area contributed by atoms with Gasteiger partial charge in [-0.2, -0.15) is 4.31 Å². The van der Waals surface area contributed by atoms with E-state index in [2.05, 4.69) is 24.1 Å². The first-order chi connectivity index (χ1) is 10.3. The highest BCUT2D eigenvalue weighted by Crippen LogP contribution is 2.02. The average molecular weight is 335 g/mol. The number of hydrogen-bond acceptors (Lipinski definition) is 5. The molecule has 22 heavy (non-hydrogen) atoms. The van der Waals surface area contributed by atoms with Crippen LogP contribution in [0.2, 0.25) is 0 Å². The quantitative estimate of drug-likeness (QED) is 0.628. The van der Waals surface area contributed by atoms with E-state index in [9.17, 15) is 13.2 Å². The maximum atomic E-state index is 11.9. The third-order valence-electron chi connectivity index (χ3n) is 3.60. The molecule has 0 spiro atoms. The first-order valence-corrected chi connectivity index (χ1v) is 9.66. The molecule has 0 aromatic heterocycles. The molecule has 0 aromatic rings. The van der Waals surface area contributed by atoms with E-state index in [4.69, 9.17) is 4.74 Å². The molecule has 0 unspecified atom stereocenters. The van der Waals surface area contributed by atoms with Crippen molar-refractivity contribution in [2.45, 2.75) is 20.3 Å². The second-order valence-electron chi connectivity index (χ2n) is 6.08. The summed E-state index contributed by atoms with van der Waals surface area (Å²) in [7, 11) is -3.39. The van der Waals surface area contributed by atoms with Gasteiger partial charge in [0, 0.05) is 32.7 Å². The van der Waals surface area contributed by atoms with Crippen LogP contribution in [0.3, 0.4) is 0 Å². The SMILES string of the molecule is CC(C)CCNC(=O)CN(CCN1CCOCC1)S(C)(=O)=O. The van der Waals surface area contributed by atoms with E-state index in [0.29, 0.717) is 38.8 Å². The Hall–Kier alpha value is -0.700. The number of hydrogen-bond donors (Lipinski definition) is 1. The number of nitrogens with zero attached hydrogens (tertiary/aromatic N) is 2. The van der Waals surface area contributed by atoms with Crippen molar-refractivity contribution < 1.29 is 17.9 Å². The van der Waals surface area contributed by atoms with E-state index < -0.39 is 10.0 Å². The minimum Gasteiger partial charge on any atom is -0.379 e. The fourth-order valence-electron chi connectivity index (χ4n) is 2.16. The normalized spacial score (nSPS) is 17.1. The minimum absolute atomic E-state index is 0.110. The number of rotatable bonds is 9. The van der Waals surface area contributed by atoms with Gasteiger partial charge in [-0.25, -0.2) is 8.42 Å². The van der Waals surface area contributed by atoms with Crippen LogP contribution in [0.5, 0.6) is 0 Å². The molecule has 8 heteroatoms. The Balaban J connectivity index is 2.41. The Morgan fingerprint density at radius 3 is 2.50 bits per heavy atom. The summed E-state index contributed by atoms with van der Waals surface area (Å²) in [6.45, 7) is 8.54. The zero-order chi connectivity index (χ0) is 16.6. The molecule has 0 saturated carbocycles. The molecule has 0 aromatic carbocycles. The predicted octanol–water partition coefficient (Wildman–Crippen LogP) is -0.257. The van der Waals surface area contributed by atoms with Crippen molar-refractivity contribution in [2.24, 2.45) is 5.92 Å². The molecule has 1 fully saturated rings. The van der Waals surface area contributed by atoms with Crippen LogP contribution in [0.25, 0.3) is 0 Å². The lowest BCUT2D eigenvalue weighted by atomic mass is 10.1. The summed E-state index contributed by atoms with van der Waals surface area (Å²) in [6.07, 6.45) is 2.03. The molecule has 1 N–H and O–H groups in total. The molecule has 1 heterocycles. The standard InChI is InChI=1S/C14H29N3O4S/c1-13(2)4-5-15-14(18)12-17(22(3,19)20)7-6-16-8-10-21-11-9-16/h13H,4-12H2,1-3H3,(H,15,18). The molecule has 0 radical (unpaired) electrons. The maximum Gasteiger partial charge on any atom is 0.235 e. The molecule has 1 aliphatic rings. The number of morpholine rings is 1. The van der Waals surface area contributed by atoms with Gasteiger partial charge in [-0.05, 0) is 12.3 Å². The topological polar surface area (TPSA) is 79.0 Å². The first-order valence-electron chi connectivity index (χ1n) is 7.81. The molecular formula is C14H29N3O4S. The van der Waals surface area contributed by atoms with E-state index in [-0.39, 0.29) is 12.5 Å². The van der Waals surface area contributed by atoms with Gasteiger partial charge in [-0.15, -0.1) is 0 Å². The Morgan fingerprint density at radius 1 is 1.32 bits per heavy atom. The van der Waals surface area contributed by atoms with Gasteiger partial charge in [-0.3, -0.25) is 9.69 Å². The zero-order valence-corrected chi connectivity index (χ0v) is 14.7. The minimum atomic E-state index is -3.39. The van der Waals surface area contributed by atoms with Gasteiger partial charge in [-0.1, -0.05) is 13.8 Å². The third kappa shape index (κ3) is 8.07. The molecule has 0 aliphatic carbocycles. The van der Waals surface area contributed by atoms with Crippen molar-refractivity contribution in [2.75, 3.05) is 58.7 Å². The largest absolute Gasteiger partial charge is 0.379 e. The summed E-state index contributed by atoms with van der Waals surface area (Å²) >= 11 is 0. The number of ether oxygens (including phenoxy) is 1. The van der Waals surface area contributed by atoms with Crippen molar-refractivity contribution >= 4 is 15.9 Å². The summed E-state index contributed by atoms with van der Waals surface area (Å²) in [5, 5.41) is 2.78. The average Bonchev–Trinajstić information content (AvgIpc) is 2.43. The van der Waals surface area contributed by atoms with Crippen LogP contribution in [-0.4, -0.2) is 82.3 Å².